The molecule has 3 rings (SSSR count). The molecular formula is C21H24N2. The van der Waals surface area contributed by atoms with Crippen molar-refractivity contribution >= 4 is 0 Å². The Balaban J connectivity index is 2.08. The van der Waals surface area contributed by atoms with Crippen LogP contribution in [-0.2, 0) is 5.41 Å². The van der Waals surface area contributed by atoms with Crippen molar-refractivity contribution in [2.45, 2.75) is 40.0 Å². The largest absolute Gasteiger partial charge is 0.240 e. The smallest absolute Gasteiger partial charge is 0.0680 e. The number of aromatic nitrogens is 2. The maximum atomic E-state index is 4.55. The average molecular weight is 304 g/mol. The summed E-state index contributed by atoms with van der Waals surface area (Å²) in [6.07, 6.45) is 2.02. The van der Waals surface area contributed by atoms with Gasteiger partial charge >= 0.3 is 0 Å². The van der Waals surface area contributed by atoms with Gasteiger partial charge in [0.15, 0.2) is 0 Å². The van der Waals surface area contributed by atoms with E-state index in [1.54, 1.807) is 0 Å². The van der Waals surface area contributed by atoms with Crippen LogP contribution in [0, 0.1) is 13.8 Å². The van der Waals surface area contributed by atoms with Crippen molar-refractivity contribution in [1.82, 2.24) is 9.78 Å². The third kappa shape index (κ3) is 3.21. The highest BCUT2D eigenvalue weighted by molar-refractivity contribution is 5.68. The van der Waals surface area contributed by atoms with E-state index in [1.807, 2.05) is 23.9 Å². The van der Waals surface area contributed by atoms with Gasteiger partial charge in [-0.05, 0) is 53.6 Å². The van der Waals surface area contributed by atoms with Gasteiger partial charge in [-0.1, -0.05) is 57.2 Å². The van der Waals surface area contributed by atoms with Gasteiger partial charge in [-0.25, -0.2) is 4.68 Å². The summed E-state index contributed by atoms with van der Waals surface area (Å²) in [5.41, 5.74) is 7.38. The van der Waals surface area contributed by atoms with E-state index in [9.17, 15) is 0 Å². The lowest BCUT2D eigenvalue weighted by molar-refractivity contribution is 0.590. The molecule has 23 heavy (non-hydrogen) atoms. The van der Waals surface area contributed by atoms with E-state index in [0.29, 0.717) is 0 Å². The molecule has 0 radical (unpaired) electrons. The highest BCUT2D eigenvalue weighted by Crippen LogP contribution is 2.29. The molecule has 0 unspecified atom stereocenters. The summed E-state index contributed by atoms with van der Waals surface area (Å²) in [4.78, 5) is 0. The van der Waals surface area contributed by atoms with Gasteiger partial charge in [-0.15, -0.1) is 0 Å². The van der Waals surface area contributed by atoms with E-state index in [0.717, 1.165) is 11.4 Å². The Hall–Kier alpha value is -2.35. The topological polar surface area (TPSA) is 17.8 Å². The average Bonchev–Trinajstić information content (AvgIpc) is 2.93. The summed E-state index contributed by atoms with van der Waals surface area (Å²) in [5, 5.41) is 4.55. The second-order valence-electron chi connectivity index (χ2n) is 7.23. The van der Waals surface area contributed by atoms with Crippen molar-refractivity contribution in [2.24, 2.45) is 0 Å². The fourth-order valence-corrected chi connectivity index (χ4v) is 2.75. The molecule has 1 heterocycles. The van der Waals surface area contributed by atoms with Crippen LogP contribution in [0.4, 0.5) is 0 Å². The Bertz CT molecular complexity index is 835. The van der Waals surface area contributed by atoms with Gasteiger partial charge in [0.05, 0.1) is 11.4 Å². The van der Waals surface area contributed by atoms with Gasteiger partial charge in [-0.3, -0.25) is 0 Å². The first-order valence-electron chi connectivity index (χ1n) is 8.09. The van der Waals surface area contributed by atoms with Crippen LogP contribution >= 0.6 is 0 Å². The predicted octanol–water partition coefficient (Wildman–Crippen LogP) is 5.45. The molecular weight excluding hydrogens is 280 g/mol. The second kappa shape index (κ2) is 5.69. The summed E-state index contributed by atoms with van der Waals surface area (Å²) in [6.45, 7) is 10.9. The maximum absolute atomic E-state index is 4.55. The van der Waals surface area contributed by atoms with Crippen LogP contribution in [0.5, 0.6) is 0 Å². The van der Waals surface area contributed by atoms with Crippen LogP contribution in [0.3, 0.4) is 0 Å². The molecule has 0 spiro atoms. The first kappa shape index (κ1) is 15.5. The normalized spacial score (nSPS) is 11.7. The predicted molar refractivity (Wildman–Crippen MR) is 97.2 cm³/mol. The fourth-order valence-electron chi connectivity index (χ4n) is 2.75. The standard InChI is InChI=1S/C21H24N2/c1-15-9-10-18(14-20(15)23-12-11-16(2)22-23)17-7-6-8-19(13-17)21(3,4)5/h6-14H,1-5H3. The van der Waals surface area contributed by atoms with Crippen molar-refractivity contribution < 1.29 is 0 Å². The lowest BCUT2D eigenvalue weighted by Crippen LogP contribution is -2.10. The molecule has 0 fully saturated rings. The van der Waals surface area contributed by atoms with E-state index in [4.69, 9.17) is 0 Å². The summed E-state index contributed by atoms with van der Waals surface area (Å²) in [7, 11) is 0. The van der Waals surface area contributed by atoms with Crippen molar-refractivity contribution in [1.29, 1.82) is 0 Å². The van der Waals surface area contributed by atoms with Gasteiger partial charge in [-0.2, -0.15) is 5.10 Å². The van der Waals surface area contributed by atoms with Gasteiger partial charge < -0.3 is 0 Å². The van der Waals surface area contributed by atoms with E-state index < -0.39 is 0 Å². The zero-order chi connectivity index (χ0) is 16.6. The summed E-state index contributed by atoms with van der Waals surface area (Å²) < 4.78 is 1.96. The lowest BCUT2D eigenvalue weighted by atomic mass is 9.85. The third-order valence-corrected chi connectivity index (χ3v) is 4.24. The van der Waals surface area contributed by atoms with Crippen LogP contribution < -0.4 is 0 Å². The Morgan fingerprint density at radius 1 is 0.870 bits per heavy atom. The van der Waals surface area contributed by atoms with Crippen LogP contribution in [0.15, 0.2) is 54.7 Å². The Labute approximate surface area is 138 Å². The summed E-state index contributed by atoms with van der Waals surface area (Å²) in [6, 6.07) is 17.4. The SMILES string of the molecule is Cc1ccn(-c2cc(-c3cccc(C(C)(C)C)c3)ccc2C)n1. The van der Waals surface area contributed by atoms with Gasteiger partial charge in [0, 0.05) is 6.20 Å². The zero-order valence-electron chi connectivity index (χ0n) is 14.6. The molecule has 2 heteroatoms. The quantitative estimate of drug-likeness (QED) is 0.615. The molecule has 0 bridgehead atoms. The highest BCUT2D eigenvalue weighted by Gasteiger charge is 2.14. The monoisotopic (exact) mass is 304 g/mol. The van der Waals surface area contributed by atoms with E-state index in [1.165, 1.54) is 22.3 Å². The van der Waals surface area contributed by atoms with Gasteiger partial charge in [0.2, 0.25) is 0 Å². The molecule has 0 saturated carbocycles. The summed E-state index contributed by atoms with van der Waals surface area (Å²) >= 11 is 0. The van der Waals surface area contributed by atoms with Gasteiger partial charge in [0.25, 0.3) is 0 Å². The van der Waals surface area contributed by atoms with E-state index in [-0.39, 0.29) is 5.41 Å². The molecule has 0 aliphatic rings. The number of benzene rings is 2. The minimum absolute atomic E-state index is 0.155. The van der Waals surface area contributed by atoms with E-state index >= 15 is 0 Å². The Kier molecular flexibility index (Phi) is 3.85. The van der Waals surface area contributed by atoms with Crippen molar-refractivity contribution in [3.8, 4) is 16.8 Å². The molecule has 0 atom stereocenters. The Morgan fingerprint density at radius 2 is 1.61 bits per heavy atom. The van der Waals surface area contributed by atoms with E-state index in [2.05, 4.69) is 75.3 Å². The molecule has 2 nitrogen and oxygen atoms in total. The maximum Gasteiger partial charge on any atom is 0.0680 e. The summed E-state index contributed by atoms with van der Waals surface area (Å²) in [5.74, 6) is 0. The van der Waals surface area contributed by atoms with Gasteiger partial charge in [0.1, 0.15) is 0 Å². The lowest BCUT2D eigenvalue weighted by Gasteiger charge is -2.20. The van der Waals surface area contributed by atoms with Crippen molar-refractivity contribution in [2.75, 3.05) is 0 Å². The molecule has 1 aromatic heterocycles. The second-order valence-corrected chi connectivity index (χ2v) is 7.23. The first-order chi connectivity index (χ1) is 10.8. The highest BCUT2D eigenvalue weighted by atomic mass is 15.3. The number of nitrogens with zero attached hydrogens (tertiary/aromatic N) is 2. The molecule has 118 valence electrons. The van der Waals surface area contributed by atoms with Crippen LogP contribution in [0.25, 0.3) is 16.8 Å². The molecule has 2 aromatic carbocycles. The molecule has 0 amide bonds. The van der Waals surface area contributed by atoms with Crippen LogP contribution in [0.2, 0.25) is 0 Å². The minimum Gasteiger partial charge on any atom is -0.240 e. The number of rotatable bonds is 2. The molecule has 3 aromatic rings. The first-order valence-corrected chi connectivity index (χ1v) is 8.09. The number of hydrogen-bond donors (Lipinski definition) is 0. The van der Waals surface area contributed by atoms with Crippen LogP contribution in [-0.4, -0.2) is 9.78 Å². The fraction of sp³-hybridized carbons (Fsp3) is 0.286. The zero-order valence-corrected chi connectivity index (χ0v) is 14.6. The molecule has 0 aliphatic carbocycles. The number of aryl methyl sites for hydroxylation is 2. The van der Waals surface area contributed by atoms with Crippen LogP contribution in [0.1, 0.15) is 37.6 Å². The molecule has 0 aliphatic heterocycles. The molecule has 0 N–H and O–H groups in total. The number of hydrogen-bond acceptors (Lipinski definition) is 1. The molecule has 0 saturated heterocycles. The Morgan fingerprint density at radius 3 is 2.26 bits per heavy atom. The third-order valence-electron chi connectivity index (χ3n) is 4.24. The minimum atomic E-state index is 0.155. The van der Waals surface area contributed by atoms with Crippen molar-refractivity contribution in [3.05, 3.63) is 71.5 Å². The van der Waals surface area contributed by atoms with Crippen molar-refractivity contribution in [3.63, 3.8) is 0 Å².